The SMILES string of the molecule is CCCCCCCCc1cccc[n+]1Cc1ccccc1.FC(F)(F)c1cc([B-](c2cc(C(F)(F)F)cc(C(F)(F)F)c2)(c2cc(C(F)(F)F)cc(C(F)(F)F)c2)c2cc(C(F)(F)F)cc(C(F)(F)F)c2)cc(C(F)(F)F)c1. The van der Waals surface area contributed by atoms with Gasteiger partial charge in [0.25, 0.3) is 0 Å². The van der Waals surface area contributed by atoms with Gasteiger partial charge in [0.05, 0.1) is 44.5 Å². The minimum absolute atomic E-state index is 0.691. The van der Waals surface area contributed by atoms with E-state index >= 15 is 0 Å². The lowest BCUT2D eigenvalue weighted by atomic mass is 9.12. The highest BCUT2D eigenvalue weighted by molar-refractivity contribution is 7.20. The Kier molecular flexibility index (Phi) is 18.5. The lowest BCUT2D eigenvalue weighted by Gasteiger charge is -2.46. The van der Waals surface area contributed by atoms with Gasteiger partial charge in [0.15, 0.2) is 18.4 Å². The largest absolute Gasteiger partial charge is 0.416 e. The number of rotatable bonds is 13. The average molecular weight is 1150 g/mol. The van der Waals surface area contributed by atoms with Crippen molar-refractivity contribution in [2.75, 3.05) is 0 Å². The minimum atomic E-state index is -6.13. The smallest absolute Gasteiger partial charge is 0.198 e. The van der Waals surface area contributed by atoms with E-state index in [1.54, 1.807) is 0 Å². The fraction of sp³-hybridized carbons (Fsp3) is 0.327. The first-order valence-corrected chi connectivity index (χ1v) is 23.0. The number of unbranched alkanes of at least 4 members (excludes halogenated alkanes) is 5. The third-order valence-corrected chi connectivity index (χ3v) is 12.5. The third-order valence-electron chi connectivity index (χ3n) is 12.5. The van der Waals surface area contributed by atoms with E-state index in [9.17, 15) is 105 Å². The normalized spacial score (nSPS) is 13.3. The number of hydrogen-bond donors (Lipinski definition) is 0. The maximum Gasteiger partial charge on any atom is 0.416 e. The Labute approximate surface area is 428 Å². The molecule has 5 aromatic carbocycles. The summed E-state index contributed by atoms with van der Waals surface area (Å²) >= 11 is 0. The van der Waals surface area contributed by atoms with Gasteiger partial charge < -0.3 is 0 Å². The summed E-state index contributed by atoms with van der Waals surface area (Å²) in [5.74, 6) is 0. The number of hydrogen-bond acceptors (Lipinski definition) is 0. The first kappa shape index (κ1) is 62.5. The van der Waals surface area contributed by atoms with E-state index in [-0.39, 0.29) is 0 Å². The molecule has 1 heterocycles. The van der Waals surface area contributed by atoms with Crippen molar-refractivity contribution < 1.29 is 110 Å². The summed E-state index contributed by atoms with van der Waals surface area (Å²) in [6, 6.07) is 8.48. The van der Waals surface area contributed by atoms with Crippen molar-refractivity contribution >= 4 is 28.0 Å². The Morgan fingerprint density at radius 3 is 0.872 bits per heavy atom. The molecule has 0 bridgehead atoms. The van der Waals surface area contributed by atoms with Crippen LogP contribution in [0.2, 0.25) is 0 Å². The van der Waals surface area contributed by atoms with Gasteiger partial charge in [-0.05, 0) is 30.7 Å². The van der Waals surface area contributed by atoms with Crippen LogP contribution in [0.4, 0.5) is 105 Å². The summed E-state index contributed by atoms with van der Waals surface area (Å²) in [6.07, 6.45) is -43.2. The Balaban J connectivity index is 0.000000443. The van der Waals surface area contributed by atoms with E-state index in [0.717, 1.165) is 6.54 Å². The third kappa shape index (κ3) is 15.7. The quantitative estimate of drug-likeness (QED) is 0.0470. The van der Waals surface area contributed by atoms with Gasteiger partial charge in [-0.2, -0.15) is 132 Å². The highest BCUT2D eigenvalue weighted by atomic mass is 19.4. The van der Waals surface area contributed by atoms with Crippen LogP contribution in [0.5, 0.6) is 0 Å². The molecule has 0 fully saturated rings. The second-order valence-corrected chi connectivity index (χ2v) is 18.0. The number of benzene rings is 5. The summed E-state index contributed by atoms with van der Waals surface area (Å²) in [5.41, 5.74) is -27.4. The van der Waals surface area contributed by atoms with Crippen molar-refractivity contribution in [2.45, 2.75) is 108 Å². The zero-order valence-corrected chi connectivity index (χ0v) is 39.9. The zero-order chi connectivity index (χ0) is 58.7. The van der Waals surface area contributed by atoms with Crippen LogP contribution >= 0.6 is 0 Å². The summed E-state index contributed by atoms with van der Waals surface area (Å²) < 4.78 is 343. The molecule has 6 aromatic rings. The van der Waals surface area contributed by atoms with Crippen LogP contribution in [0.3, 0.4) is 0 Å². The van der Waals surface area contributed by atoms with Gasteiger partial charge in [-0.15, -0.1) is 0 Å². The van der Waals surface area contributed by atoms with Gasteiger partial charge in [-0.25, -0.2) is 0 Å². The van der Waals surface area contributed by atoms with Crippen LogP contribution in [0.1, 0.15) is 101 Å². The first-order valence-electron chi connectivity index (χ1n) is 23.0. The minimum Gasteiger partial charge on any atom is -0.198 e. The highest BCUT2D eigenvalue weighted by Crippen LogP contribution is 2.41. The molecule has 0 aliphatic heterocycles. The van der Waals surface area contributed by atoms with E-state index in [4.69, 9.17) is 0 Å². The molecule has 0 amide bonds. The predicted molar refractivity (Wildman–Crippen MR) is 239 cm³/mol. The molecule has 0 spiro atoms. The van der Waals surface area contributed by atoms with Crippen molar-refractivity contribution in [3.8, 4) is 0 Å². The molecule has 78 heavy (non-hydrogen) atoms. The van der Waals surface area contributed by atoms with Crippen LogP contribution in [0.15, 0.2) is 128 Å². The molecular formula is C52H40BF24N. The number of alkyl halides is 24. The molecule has 1 nitrogen and oxygen atoms in total. The highest BCUT2D eigenvalue weighted by Gasteiger charge is 2.47. The Morgan fingerprint density at radius 2 is 0.590 bits per heavy atom. The fourth-order valence-electron chi connectivity index (χ4n) is 8.83. The van der Waals surface area contributed by atoms with E-state index in [2.05, 4.69) is 66.2 Å². The monoisotopic (exact) mass is 1150 g/mol. The van der Waals surface area contributed by atoms with E-state index < -0.39 is 195 Å². The van der Waals surface area contributed by atoms with E-state index in [1.807, 2.05) is 0 Å². The summed E-state index contributed by atoms with van der Waals surface area (Å²) in [7, 11) is 0. The molecule has 0 unspecified atom stereocenters. The van der Waals surface area contributed by atoms with Gasteiger partial charge in [-0.1, -0.05) is 124 Å². The Morgan fingerprint density at radius 1 is 0.321 bits per heavy atom. The molecule has 0 N–H and O–H groups in total. The molecule has 424 valence electrons. The number of nitrogens with zero attached hydrogens (tertiary/aromatic N) is 1. The topological polar surface area (TPSA) is 3.88 Å². The van der Waals surface area contributed by atoms with Crippen LogP contribution in [0, 0.1) is 0 Å². The van der Waals surface area contributed by atoms with Crippen LogP contribution in [-0.4, -0.2) is 6.15 Å². The maximum atomic E-state index is 14.2. The molecule has 6 rings (SSSR count). The number of aromatic nitrogens is 1. The van der Waals surface area contributed by atoms with Crippen LogP contribution in [0.25, 0.3) is 0 Å². The Bertz CT molecular complexity index is 2540. The van der Waals surface area contributed by atoms with Crippen molar-refractivity contribution in [1.82, 2.24) is 0 Å². The molecule has 1 aromatic heterocycles. The molecule has 0 radical (unpaired) electrons. The predicted octanol–water partition coefficient (Wildman–Crippen LogP) is 16.1. The van der Waals surface area contributed by atoms with Gasteiger partial charge >= 0.3 is 49.4 Å². The molecule has 0 atom stereocenters. The van der Waals surface area contributed by atoms with Crippen molar-refractivity contribution in [3.63, 3.8) is 0 Å². The van der Waals surface area contributed by atoms with Gasteiger partial charge in [0.1, 0.15) is 6.15 Å². The molecule has 0 aliphatic carbocycles. The van der Waals surface area contributed by atoms with E-state index in [0.29, 0.717) is 0 Å². The molecule has 0 saturated carbocycles. The van der Waals surface area contributed by atoms with Gasteiger partial charge in [0, 0.05) is 24.1 Å². The number of aryl methyl sites for hydroxylation is 1. The van der Waals surface area contributed by atoms with Crippen LogP contribution in [-0.2, 0) is 62.4 Å². The summed E-state index contributed by atoms with van der Waals surface area (Å²) in [4.78, 5) is 0. The lowest BCUT2D eigenvalue weighted by molar-refractivity contribution is -0.695. The van der Waals surface area contributed by atoms with Crippen molar-refractivity contribution in [1.29, 1.82) is 0 Å². The molecule has 26 heteroatoms. The van der Waals surface area contributed by atoms with Gasteiger partial charge in [0.2, 0.25) is 0 Å². The first-order chi connectivity index (χ1) is 35.7. The molecule has 0 saturated heterocycles. The van der Waals surface area contributed by atoms with Crippen LogP contribution < -0.4 is 26.4 Å². The Hall–Kier alpha value is -6.37. The van der Waals surface area contributed by atoms with Crippen molar-refractivity contribution in [3.05, 3.63) is 183 Å². The zero-order valence-electron chi connectivity index (χ0n) is 39.9. The van der Waals surface area contributed by atoms with E-state index in [1.165, 1.54) is 56.2 Å². The maximum absolute atomic E-state index is 14.2. The van der Waals surface area contributed by atoms with Gasteiger partial charge in [-0.3, -0.25) is 0 Å². The average Bonchev–Trinajstić information content (AvgIpc) is 3.36. The second kappa shape index (κ2) is 23.2. The summed E-state index contributed by atoms with van der Waals surface area (Å²) in [5, 5.41) is 0. The lowest BCUT2D eigenvalue weighted by Crippen LogP contribution is -2.75. The second-order valence-electron chi connectivity index (χ2n) is 18.0. The van der Waals surface area contributed by atoms with Crippen molar-refractivity contribution in [2.24, 2.45) is 0 Å². The summed E-state index contributed by atoms with van der Waals surface area (Å²) in [6.45, 7) is 3.25. The number of pyridine rings is 1. The molecule has 0 aliphatic rings. The fourth-order valence-corrected chi connectivity index (χ4v) is 8.83. The standard InChI is InChI=1S/C32H12BF24.C20H28N/c34-25(35,36)13-1-14(26(37,38)39)6-21(5-13)33(22-7-15(27(40,41)42)2-16(8-22)28(43,44)45,23-9-17(29(46,47)48)3-18(10-23)30(49,50)51)24-11-19(31(52,53)54)4-20(12-24)32(55,56)57;1-2-3-4-5-6-10-15-20-16-11-12-17-21(20)18-19-13-8-7-9-14-19/h1-12H;7-9,11-14,16-17H,2-6,10,15,18H2,1H3/q-1;+1. The molecular weight excluding hydrogens is 1110 g/mol. The number of halogens is 24.